The standard InChI is InChI=1S/C9H9F2NS/c1-5-4-12-7-3-2-6(10)8(11)9(7)13-5/h2-3,5,12H,4H2,1H3. The summed E-state index contributed by atoms with van der Waals surface area (Å²) in [5.74, 6) is -1.51. The molecule has 1 aromatic carbocycles. The molecule has 0 saturated carbocycles. The summed E-state index contributed by atoms with van der Waals surface area (Å²) in [5, 5.41) is 3.33. The van der Waals surface area contributed by atoms with Crippen LogP contribution in [0.2, 0.25) is 0 Å². The highest BCUT2D eigenvalue weighted by Gasteiger charge is 2.20. The maximum atomic E-state index is 13.2. The van der Waals surface area contributed by atoms with Crippen molar-refractivity contribution in [3.63, 3.8) is 0 Å². The van der Waals surface area contributed by atoms with Crippen LogP contribution in [0.15, 0.2) is 17.0 Å². The van der Waals surface area contributed by atoms with Crippen molar-refractivity contribution >= 4 is 17.4 Å². The average molecular weight is 201 g/mol. The summed E-state index contributed by atoms with van der Waals surface area (Å²) >= 11 is 1.38. The van der Waals surface area contributed by atoms with Gasteiger partial charge in [-0.05, 0) is 12.1 Å². The van der Waals surface area contributed by atoms with Gasteiger partial charge in [0, 0.05) is 11.8 Å². The Balaban J connectivity index is 2.48. The number of nitrogens with one attached hydrogen (secondary N) is 1. The molecule has 0 saturated heterocycles. The molecule has 1 atom stereocenters. The van der Waals surface area contributed by atoms with Crippen LogP contribution in [-0.2, 0) is 0 Å². The Bertz CT molecular complexity index is 341. The molecule has 0 spiro atoms. The Labute approximate surface area is 79.5 Å². The monoisotopic (exact) mass is 201 g/mol. The third-order valence-electron chi connectivity index (χ3n) is 1.95. The first kappa shape index (κ1) is 8.81. The minimum Gasteiger partial charge on any atom is -0.383 e. The van der Waals surface area contributed by atoms with Crippen LogP contribution in [0.5, 0.6) is 0 Å². The first-order valence-electron chi connectivity index (χ1n) is 4.07. The van der Waals surface area contributed by atoms with E-state index in [-0.39, 0.29) is 5.25 Å². The minimum atomic E-state index is -0.776. The Kier molecular flexibility index (Phi) is 2.15. The number of fused-ring (bicyclic) bond motifs is 1. The molecular weight excluding hydrogens is 192 g/mol. The van der Waals surface area contributed by atoms with E-state index in [2.05, 4.69) is 5.32 Å². The van der Waals surface area contributed by atoms with Crippen molar-refractivity contribution in [2.75, 3.05) is 11.9 Å². The summed E-state index contributed by atoms with van der Waals surface area (Å²) in [6.07, 6.45) is 0. The van der Waals surface area contributed by atoms with E-state index in [4.69, 9.17) is 0 Å². The number of hydrogen-bond acceptors (Lipinski definition) is 2. The second-order valence-corrected chi connectivity index (χ2v) is 4.50. The van der Waals surface area contributed by atoms with E-state index in [1.54, 1.807) is 6.07 Å². The van der Waals surface area contributed by atoms with Gasteiger partial charge in [0.05, 0.1) is 10.6 Å². The maximum absolute atomic E-state index is 13.2. The lowest BCUT2D eigenvalue weighted by Gasteiger charge is -2.22. The summed E-state index contributed by atoms with van der Waals surface area (Å²) in [5.41, 5.74) is 0.696. The second-order valence-electron chi connectivity index (χ2n) is 3.05. The first-order chi connectivity index (χ1) is 6.18. The molecule has 0 fully saturated rings. The summed E-state index contributed by atoms with van der Waals surface area (Å²) in [4.78, 5) is 0.402. The predicted molar refractivity (Wildman–Crippen MR) is 50.2 cm³/mol. The van der Waals surface area contributed by atoms with Crippen LogP contribution < -0.4 is 5.32 Å². The zero-order valence-electron chi connectivity index (χ0n) is 7.10. The summed E-state index contributed by atoms with van der Waals surface area (Å²) in [7, 11) is 0. The van der Waals surface area contributed by atoms with Crippen LogP contribution in [0.4, 0.5) is 14.5 Å². The van der Waals surface area contributed by atoms with Gasteiger partial charge in [0.15, 0.2) is 11.6 Å². The van der Waals surface area contributed by atoms with Crippen LogP contribution in [0.1, 0.15) is 6.92 Å². The van der Waals surface area contributed by atoms with Crippen molar-refractivity contribution in [3.05, 3.63) is 23.8 Å². The molecular formula is C9H9F2NS. The normalized spacial score (nSPS) is 20.7. The molecule has 2 rings (SSSR count). The van der Waals surface area contributed by atoms with Crippen molar-refractivity contribution in [1.29, 1.82) is 0 Å². The lowest BCUT2D eigenvalue weighted by atomic mass is 10.3. The number of halogens is 2. The second kappa shape index (κ2) is 3.18. The van der Waals surface area contributed by atoms with Gasteiger partial charge < -0.3 is 5.32 Å². The van der Waals surface area contributed by atoms with Crippen LogP contribution in [-0.4, -0.2) is 11.8 Å². The topological polar surface area (TPSA) is 12.0 Å². The van der Waals surface area contributed by atoms with Crippen LogP contribution in [0, 0.1) is 11.6 Å². The van der Waals surface area contributed by atoms with Crippen molar-refractivity contribution in [3.8, 4) is 0 Å². The van der Waals surface area contributed by atoms with E-state index in [0.29, 0.717) is 10.6 Å². The molecule has 1 nitrogen and oxygen atoms in total. The van der Waals surface area contributed by atoms with Gasteiger partial charge in [-0.3, -0.25) is 0 Å². The fourth-order valence-corrected chi connectivity index (χ4v) is 2.32. The Morgan fingerprint density at radius 1 is 1.46 bits per heavy atom. The number of benzene rings is 1. The van der Waals surface area contributed by atoms with E-state index < -0.39 is 11.6 Å². The highest BCUT2D eigenvalue weighted by atomic mass is 32.2. The van der Waals surface area contributed by atoms with Crippen LogP contribution >= 0.6 is 11.8 Å². The van der Waals surface area contributed by atoms with E-state index >= 15 is 0 Å². The quantitative estimate of drug-likeness (QED) is 0.692. The molecule has 0 bridgehead atoms. The van der Waals surface area contributed by atoms with Gasteiger partial charge in [0.1, 0.15) is 0 Å². The summed E-state index contributed by atoms with van der Waals surface area (Å²) < 4.78 is 26.0. The SMILES string of the molecule is CC1CNc2ccc(F)c(F)c2S1. The molecule has 0 radical (unpaired) electrons. The Hall–Kier alpha value is -0.770. The number of rotatable bonds is 0. The molecule has 0 aromatic heterocycles. The predicted octanol–water partition coefficient (Wildman–Crippen LogP) is 2.87. The smallest absolute Gasteiger partial charge is 0.174 e. The first-order valence-corrected chi connectivity index (χ1v) is 4.95. The number of thioether (sulfide) groups is 1. The highest BCUT2D eigenvalue weighted by molar-refractivity contribution is 8.00. The number of hydrogen-bond donors (Lipinski definition) is 1. The fourth-order valence-electron chi connectivity index (χ4n) is 1.28. The Morgan fingerprint density at radius 2 is 2.23 bits per heavy atom. The van der Waals surface area contributed by atoms with Gasteiger partial charge in [-0.15, -0.1) is 11.8 Å². The molecule has 70 valence electrons. The van der Waals surface area contributed by atoms with Gasteiger partial charge in [0.25, 0.3) is 0 Å². The van der Waals surface area contributed by atoms with E-state index in [1.807, 2.05) is 6.92 Å². The van der Waals surface area contributed by atoms with Gasteiger partial charge in [0.2, 0.25) is 0 Å². The zero-order chi connectivity index (χ0) is 9.42. The fraction of sp³-hybridized carbons (Fsp3) is 0.333. The molecule has 1 aromatic rings. The van der Waals surface area contributed by atoms with E-state index in [0.717, 1.165) is 12.6 Å². The molecule has 4 heteroatoms. The van der Waals surface area contributed by atoms with E-state index in [1.165, 1.54) is 11.8 Å². The molecule has 0 aliphatic carbocycles. The van der Waals surface area contributed by atoms with Gasteiger partial charge in [-0.2, -0.15) is 0 Å². The average Bonchev–Trinajstić information content (AvgIpc) is 2.12. The van der Waals surface area contributed by atoms with Crippen molar-refractivity contribution in [2.24, 2.45) is 0 Å². The van der Waals surface area contributed by atoms with Gasteiger partial charge >= 0.3 is 0 Å². The van der Waals surface area contributed by atoms with Crippen molar-refractivity contribution < 1.29 is 8.78 Å². The third-order valence-corrected chi connectivity index (χ3v) is 3.15. The van der Waals surface area contributed by atoms with Crippen LogP contribution in [0.25, 0.3) is 0 Å². The molecule has 1 aliphatic rings. The molecule has 0 amide bonds. The third kappa shape index (κ3) is 1.50. The zero-order valence-corrected chi connectivity index (χ0v) is 7.92. The minimum absolute atomic E-state index is 0.281. The molecule has 1 N–H and O–H groups in total. The number of anilines is 1. The largest absolute Gasteiger partial charge is 0.383 e. The van der Waals surface area contributed by atoms with Gasteiger partial charge in [-0.25, -0.2) is 8.78 Å². The molecule has 13 heavy (non-hydrogen) atoms. The van der Waals surface area contributed by atoms with E-state index in [9.17, 15) is 8.78 Å². The summed E-state index contributed by atoms with van der Waals surface area (Å²) in [6, 6.07) is 2.73. The van der Waals surface area contributed by atoms with Crippen molar-refractivity contribution in [2.45, 2.75) is 17.1 Å². The molecule has 1 unspecified atom stereocenters. The Morgan fingerprint density at radius 3 is 3.00 bits per heavy atom. The highest BCUT2D eigenvalue weighted by Crippen LogP contribution is 2.37. The lowest BCUT2D eigenvalue weighted by molar-refractivity contribution is 0.491. The van der Waals surface area contributed by atoms with Crippen LogP contribution in [0.3, 0.4) is 0 Å². The summed E-state index contributed by atoms with van der Waals surface area (Å²) in [6.45, 7) is 2.77. The van der Waals surface area contributed by atoms with Gasteiger partial charge in [-0.1, -0.05) is 6.92 Å². The maximum Gasteiger partial charge on any atom is 0.174 e. The molecule has 1 aliphatic heterocycles. The van der Waals surface area contributed by atoms with Crippen molar-refractivity contribution in [1.82, 2.24) is 0 Å². The lowest BCUT2D eigenvalue weighted by Crippen LogP contribution is -2.19. The molecule has 1 heterocycles.